The lowest BCUT2D eigenvalue weighted by Gasteiger charge is -2.37. The van der Waals surface area contributed by atoms with E-state index in [9.17, 15) is 22.4 Å². The number of urea groups is 1. The molecule has 3 rings (SSSR count). The normalized spacial score (nSPS) is 19.4. The van der Waals surface area contributed by atoms with Gasteiger partial charge in [-0.1, -0.05) is 0 Å². The number of ether oxygens (including phenoxy) is 1. The number of halogens is 4. The fourth-order valence-electron chi connectivity index (χ4n) is 3.55. The van der Waals surface area contributed by atoms with Crippen LogP contribution in [0.15, 0.2) is 30.6 Å². The fraction of sp³-hybridized carbons (Fsp3) is 0.500. The van der Waals surface area contributed by atoms with Crippen LogP contribution in [0.25, 0.3) is 0 Å². The molecule has 0 radical (unpaired) electrons. The molecule has 170 valence electrons. The molecule has 2 heterocycles. The average molecular weight is 443 g/mol. The topological polar surface area (TPSA) is 62.6 Å². The molecule has 0 spiro atoms. The van der Waals surface area contributed by atoms with Crippen molar-refractivity contribution in [1.29, 1.82) is 0 Å². The molecule has 2 amide bonds. The van der Waals surface area contributed by atoms with Crippen LogP contribution < -0.4 is 10.2 Å². The Bertz CT molecular complexity index is 907. The van der Waals surface area contributed by atoms with Crippen molar-refractivity contribution in [2.24, 2.45) is 0 Å². The highest BCUT2D eigenvalue weighted by molar-refractivity contribution is 5.89. The van der Waals surface area contributed by atoms with Crippen LogP contribution in [0.4, 0.5) is 33.7 Å². The molecule has 11 heteroatoms. The first-order valence-corrected chi connectivity index (χ1v) is 9.80. The second kappa shape index (κ2) is 9.13. The zero-order valence-corrected chi connectivity index (χ0v) is 17.5. The molecule has 1 fully saturated rings. The Morgan fingerprint density at radius 1 is 1.29 bits per heavy atom. The number of morpholine rings is 1. The quantitative estimate of drug-likeness (QED) is 0.713. The summed E-state index contributed by atoms with van der Waals surface area (Å²) in [6.07, 6.45) is -2.00. The van der Waals surface area contributed by atoms with E-state index < -0.39 is 24.6 Å². The Kier molecular flexibility index (Phi) is 6.73. The third-order valence-electron chi connectivity index (χ3n) is 4.84. The molecule has 2 aromatic rings. The van der Waals surface area contributed by atoms with Crippen LogP contribution in [0.5, 0.6) is 0 Å². The number of nitrogens with zero attached hydrogens (tertiary/aromatic N) is 4. The minimum Gasteiger partial charge on any atom is -0.372 e. The second-order valence-electron chi connectivity index (χ2n) is 7.70. The molecular formula is C20H25F4N5O2. The highest BCUT2D eigenvalue weighted by Gasteiger charge is 2.29. The van der Waals surface area contributed by atoms with E-state index in [0.29, 0.717) is 18.8 Å². The standard InChI is InChI=1S/C20H25F4N5O2/c1-13-9-29(10-14(2)31-13)17-5-4-15(8-16(17)21)26-19(30)27(3)11-18-25-6-7-28(18)12-20(22,23)24/h4-8,13-14H,9-12H2,1-3H3,(H,26,30)/t13-,14-/m0/s1. The minimum absolute atomic E-state index is 0.0268. The lowest BCUT2D eigenvalue weighted by molar-refractivity contribution is -0.141. The summed E-state index contributed by atoms with van der Waals surface area (Å²) in [5.74, 6) is -0.394. The van der Waals surface area contributed by atoms with Gasteiger partial charge in [0.15, 0.2) is 0 Å². The number of alkyl halides is 3. The summed E-state index contributed by atoms with van der Waals surface area (Å²) < 4.78 is 59.2. The van der Waals surface area contributed by atoms with Gasteiger partial charge in [-0.25, -0.2) is 14.2 Å². The van der Waals surface area contributed by atoms with Gasteiger partial charge in [0, 0.05) is 38.2 Å². The first-order valence-electron chi connectivity index (χ1n) is 9.80. The van der Waals surface area contributed by atoms with E-state index in [2.05, 4.69) is 10.3 Å². The maximum Gasteiger partial charge on any atom is 0.406 e. The Morgan fingerprint density at radius 2 is 1.97 bits per heavy atom. The molecule has 0 bridgehead atoms. The number of anilines is 2. The van der Waals surface area contributed by atoms with Gasteiger partial charge < -0.3 is 24.4 Å². The molecule has 1 N–H and O–H groups in total. The minimum atomic E-state index is -4.40. The summed E-state index contributed by atoms with van der Waals surface area (Å²) in [6.45, 7) is 3.62. The van der Waals surface area contributed by atoms with Crippen molar-refractivity contribution in [3.63, 3.8) is 0 Å². The number of hydrogen-bond donors (Lipinski definition) is 1. The largest absolute Gasteiger partial charge is 0.406 e. The third-order valence-corrected chi connectivity index (χ3v) is 4.84. The summed E-state index contributed by atoms with van der Waals surface area (Å²) >= 11 is 0. The van der Waals surface area contributed by atoms with Crippen LogP contribution in [-0.4, -0.2) is 59.0 Å². The van der Waals surface area contributed by atoms with Gasteiger partial charge in [-0.3, -0.25) is 0 Å². The predicted molar refractivity (Wildman–Crippen MR) is 107 cm³/mol. The van der Waals surface area contributed by atoms with Crippen molar-refractivity contribution in [2.75, 3.05) is 30.4 Å². The van der Waals surface area contributed by atoms with Gasteiger partial charge in [0.1, 0.15) is 18.2 Å². The first kappa shape index (κ1) is 22.9. The lowest BCUT2D eigenvalue weighted by Crippen LogP contribution is -2.45. The maximum atomic E-state index is 14.7. The van der Waals surface area contributed by atoms with Crippen molar-refractivity contribution in [3.05, 3.63) is 42.2 Å². The van der Waals surface area contributed by atoms with E-state index in [4.69, 9.17) is 4.74 Å². The summed E-state index contributed by atoms with van der Waals surface area (Å²) in [7, 11) is 1.42. The predicted octanol–water partition coefficient (Wildman–Crippen LogP) is 3.86. The number of carbonyl (C=O) groups is 1. The molecule has 1 aliphatic heterocycles. The van der Waals surface area contributed by atoms with Gasteiger partial charge in [0.05, 0.1) is 24.4 Å². The summed E-state index contributed by atoms with van der Waals surface area (Å²) in [6, 6.07) is 3.80. The van der Waals surface area contributed by atoms with Gasteiger partial charge in [0.2, 0.25) is 0 Å². The zero-order valence-electron chi connectivity index (χ0n) is 17.5. The molecule has 0 unspecified atom stereocenters. The molecular weight excluding hydrogens is 418 g/mol. The SMILES string of the molecule is C[C@H]1CN(c2ccc(NC(=O)N(C)Cc3nccn3CC(F)(F)F)cc2F)C[C@H](C)O1. The van der Waals surface area contributed by atoms with E-state index in [1.54, 1.807) is 12.1 Å². The Hall–Kier alpha value is -2.82. The average Bonchev–Trinajstić information content (AvgIpc) is 3.05. The smallest absolute Gasteiger partial charge is 0.372 e. The Morgan fingerprint density at radius 3 is 2.58 bits per heavy atom. The Labute approximate surface area is 177 Å². The van der Waals surface area contributed by atoms with Gasteiger partial charge >= 0.3 is 12.2 Å². The zero-order chi connectivity index (χ0) is 22.8. The van der Waals surface area contributed by atoms with E-state index in [-0.39, 0.29) is 30.3 Å². The highest BCUT2D eigenvalue weighted by atomic mass is 19.4. The van der Waals surface area contributed by atoms with E-state index >= 15 is 0 Å². The van der Waals surface area contributed by atoms with E-state index in [0.717, 1.165) is 4.57 Å². The number of aromatic nitrogens is 2. The highest BCUT2D eigenvalue weighted by Crippen LogP contribution is 2.26. The third kappa shape index (κ3) is 6.09. The molecule has 0 aliphatic carbocycles. The van der Waals surface area contributed by atoms with Crippen LogP contribution in [0, 0.1) is 5.82 Å². The van der Waals surface area contributed by atoms with Crippen LogP contribution in [0.3, 0.4) is 0 Å². The number of imidazole rings is 1. The second-order valence-corrected chi connectivity index (χ2v) is 7.70. The maximum absolute atomic E-state index is 14.7. The number of nitrogens with one attached hydrogen (secondary N) is 1. The number of hydrogen-bond acceptors (Lipinski definition) is 4. The molecule has 1 saturated heterocycles. The molecule has 2 atom stereocenters. The van der Waals surface area contributed by atoms with Crippen LogP contribution in [0.2, 0.25) is 0 Å². The van der Waals surface area contributed by atoms with E-state index in [1.165, 1.54) is 30.4 Å². The number of carbonyl (C=O) groups excluding carboxylic acids is 1. The first-order chi connectivity index (χ1) is 14.5. The molecule has 1 aromatic heterocycles. The summed E-state index contributed by atoms with van der Waals surface area (Å²) in [4.78, 5) is 19.4. The number of rotatable bonds is 5. The lowest BCUT2D eigenvalue weighted by atomic mass is 10.2. The molecule has 7 nitrogen and oxygen atoms in total. The van der Waals surface area contributed by atoms with Crippen LogP contribution >= 0.6 is 0 Å². The van der Waals surface area contributed by atoms with Crippen molar-refractivity contribution < 1.29 is 27.1 Å². The Balaban J connectivity index is 1.63. The van der Waals surface area contributed by atoms with E-state index in [1.807, 2.05) is 18.7 Å². The van der Waals surface area contributed by atoms with Gasteiger partial charge in [-0.15, -0.1) is 0 Å². The van der Waals surface area contributed by atoms with Gasteiger partial charge in [-0.05, 0) is 32.0 Å². The van der Waals surface area contributed by atoms with Gasteiger partial charge in [-0.2, -0.15) is 13.2 Å². The number of amides is 2. The molecule has 0 saturated carbocycles. The molecule has 31 heavy (non-hydrogen) atoms. The monoisotopic (exact) mass is 443 g/mol. The van der Waals surface area contributed by atoms with Crippen molar-refractivity contribution >= 4 is 17.4 Å². The fourth-order valence-corrected chi connectivity index (χ4v) is 3.55. The van der Waals surface area contributed by atoms with Crippen LogP contribution in [-0.2, 0) is 17.8 Å². The van der Waals surface area contributed by atoms with Crippen LogP contribution in [0.1, 0.15) is 19.7 Å². The summed E-state index contributed by atoms with van der Waals surface area (Å²) in [5, 5.41) is 2.55. The number of benzene rings is 1. The summed E-state index contributed by atoms with van der Waals surface area (Å²) in [5.41, 5.74) is 0.661. The molecule has 1 aromatic carbocycles. The molecule has 1 aliphatic rings. The van der Waals surface area contributed by atoms with Crippen molar-refractivity contribution in [3.8, 4) is 0 Å². The van der Waals surface area contributed by atoms with Gasteiger partial charge in [0.25, 0.3) is 0 Å². The van der Waals surface area contributed by atoms with Crippen molar-refractivity contribution in [2.45, 2.75) is 45.3 Å². The van der Waals surface area contributed by atoms with Crippen molar-refractivity contribution in [1.82, 2.24) is 14.5 Å².